The Bertz CT molecular complexity index is 1400. The number of hydrogen-bond donors (Lipinski definition) is 10. The predicted octanol–water partition coefficient (Wildman–Crippen LogP) is -0.837. The van der Waals surface area contributed by atoms with Gasteiger partial charge in [-0.3, -0.25) is 33.6 Å². The maximum Gasteiger partial charge on any atom is 0.325 e. The lowest BCUT2D eigenvalue weighted by Crippen LogP contribution is -2.60. The van der Waals surface area contributed by atoms with E-state index in [2.05, 4.69) is 37.2 Å². The Morgan fingerprint density at radius 2 is 1.43 bits per heavy atom. The summed E-state index contributed by atoms with van der Waals surface area (Å²) >= 11 is 0. The average molecular weight is 747 g/mol. The van der Waals surface area contributed by atoms with Crippen molar-refractivity contribution in [2.45, 2.75) is 116 Å². The molecule has 6 atom stereocenters. The van der Waals surface area contributed by atoms with E-state index in [0.29, 0.717) is 37.9 Å². The third-order valence-corrected chi connectivity index (χ3v) is 8.72. The molecule has 1 saturated heterocycles. The maximum absolute atomic E-state index is 13.8. The van der Waals surface area contributed by atoms with E-state index < -0.39 is 71.6 Å². The number of amides is 6. The van der Waals surface area contributed by atoms with Crippen molar-refractivity contribution in [1.82, 2.24) is 37.2 Å². The molecule has 11 N–H and O–H groups in total. The summed E-state index contributed by atoms with van der Waals surface area (Å²) in [5, 5.41) is 37.7. The summed E-state index contributed by atoms with van der Waals surface area (Å²) in [6, 6.07) is -0.241. The summed E-state index contributed by atoms with van der Waals surface area (Å²) in [6.07, 6.45) is 2.99. The van der Waals surface area contributed by atoms with E-state index in [-0.39, 0.29) is 49.4 Å². The lowest BCUT2D eigenvalue weighted by Gasteiger charge is -2.29. The number of phenols is 1. The van der Waals surface area contributed by atoms with Gasteiger partial charge in [-0.1, -0.05) is 39.8 Å². The van der Waals surface area contributed by atoms with Gasteiger partial charge in [0.05, 0.1) is 12.6 Å². The molecule has 17 nitrogen and oxygen atoms in total. The lowest BCUT2D eigenvalue weighted by molar-refractivity contribution is -0.141. The zero-order chi connectivity index (χ0) is 39.7. The molecular weight excluding hydrogens is 688 g/mol. The number of aromatic hydroxyl groups is 1. The molecule has 53 heavy (non-hydrogen) atoms. The van der Waals surface area contributed by atoms with Crippen molar-refractivity contribution in [2.24, 2.45) is 17.6 Å². The van der Waals surface area contributed by atoms with Gasteiger partial charge in [-0.05, 0) is 88.1 Å². The minimum atomic E-state index is -1.27. The number of phenolic OH excluding ortho intramolecular Hbond substituents is 1. The van der Waals surface area contributed by atoms with Crippen LogP contribution in [0.1, 0.15) is 78.7 Å². The van der Waals surface area contributed by atoms with E-state index >= 15 is 0 Å². The van der Waals surface area contributed by atoms with Crippen LogP contribution in [0.5, 0.6) is 5.75 Å². The lowest BCUT2D eigenvalue weighted by atomic mass is 9.98. The fourth-order valence-corrected chi connectivity index (χ4v) is 5.68. The van der Waals surface area contributed by atoms with Crippen LogP contribution in [0, 0.1) is 11.8 Å². The molecule has 0 saturated carbocycles. The number of carbonyl (C=O) groups excluding carboxylic acids is 6. The van der Waals surface area contributed by atoms with Gasteiger partial charge < -0.3 is 53.2 Å². The van der Waals surface area contributed by atoms with Crippen LogP contribution in [0.4, 0.5) is 0 Å². The predicted molar refractivity (Wildman–Crippen MR) is 196 cm³/mol. The van der Waals surface area contributed by atoms with Crippen LogP contribution in [0.15, 0.2) is 24.3 Å². The number of nitrogens with two attached hydrogens (primary N) is 1. The van der Waals surface area contributed by atoms with Gasteiger partial charge in [0.15, 0.2) is 0 Å². The van der Waals surface area contributed by atoms with Crippen molar-refractivity contribution in [1.29, 1.82) is 0 Å². The smallest absolute Gasteiger partial charge is 0.325 e. The SMILES string of the molecule is CC(C)C[C@@H](NC(=O)[C@@H](CCCCN)NC(=O)CNC(=O)[C@H]1CCCN1)C(=O)N[C@@H](C(=O)N[C@H](Cc1ccc(O)cc1)C(=O)N[C@H](C)C(=O)O)C(C)C. The van der Waals surface area contributed by atoms with Crippen LogP contribution in [-0.4, -0.2) is 108 Å². The van der Waals surface area contributed by atoms with E-state index in [9.17, 15) is 43.8 Å². The number of aliphatic carboxylic acids is 1. The van der Waals surface area contributed by atoms with Crippen LogP contribution in [0.3, 0.4) is 0 Å². The summed E-state index contributed by atoms with van der Waals surface area (Å²) in [6.45, 7) is 9.12. The van der Waals surface area contributed by atoms with Crippen LogP contribution >= 0.6 is 0 Å². The number of carbonyl (C=O) groups is 7. The number of hydrogen-bond acceptors (Lipinski definition) is 10. The highest BCUT2D eigenvalue weighted by molar-refractivity contribution is 5.96. The zero-order valence-corrected chi connectivity index (χ0v) is 31.3. The highest BCUT2D eigenvalue weighted by atomic mass is 16.4. The van der Waals surface area contributed by atoms with E-state index in [1.54, 1.807) is 26.0 Å². The number of nitrogens with one attached hydrogen (secondary N) is 7. The largest absolute Gasteiger partial charge is 0.508 e. The number of carboxylic acids is 1. The second kappa shape index (κ2) is 22.3. The maximum atomic E-state index is 13.8. The minimum absolute atomic E-state index is 0.00556. The Balaban J connectivity index is 2.20. The summed E-state index contributed by atoms with van der Waals surface area (Å²) in [4.78, 5) is 90.8. The molecule has 1 aromatic carbocycles. The molecule has 2 rings (SSSR count). The Labute approximate surface area is 310 Å². The van der Waals surface area contributed by atoms with Crippen molar-refractivity contribution in [2.75, 3.05) is 19.6 Å². The molecule has 0 radical (unpaired) electrons. The Kier molecular flexibility index (Phi) is 18.7. The van der Waals surface area contributed by atoms with Crippen molar-refractivity contribution in [3.63, 3.8) is 0 Å². The van der Waals surface area contributed by atoms with Gasteiger partial charge in [0, 0.05) is 6.42 Å². The van der Waals surface area contributed by atoms with Crippen LogP contribution in [0.25, 0.3) is 0 Å². The van der Waals surface area contributed by atoms with Gasteiger partial charge in [0.2, 0.25) is 35.4 Å². The molecule has 6 amide bonds. The summed E-state index contributed by atoms with van der Waals surface area (Å²) in [5.41, 5.74) is 6.21. The van der Waals surface area contributed by atoms with E-state index in [4.69, 9.17) is 5.73 Å². The Morgan fingerprint density at radius 1 is 0.811 bits per heavy atom. The molecule has 0 aliphatic carbocycles. The number of unbranched alkanes of at least 4 members (excludes halogenated alkanes) is 1. The van der Waals surface area contributed by atoms with Crippen molar-refractivity contribution in [3.8, 4) is 5.75 Å². The Hall–Kier alpha value is -4.77. The number of rotatable bonds is 22. The Morgan fingerprint density at radius 3 is 2.00 bits per heavy atom. The second-order valence-electron chi connectivity index (χ2n) is 14.2. The molecule has 0 spiro atoms. The first-order chi connectivity index (χ1) is 25.0. The first-order valence-corrected chi connectivity index (χ1v) is 18.2. The molecule has 1 fully saturated rings. The third-order valence-electron chi connectivity index (χ3n) is 8.72. The summed E-state index contributed by atoms with van der Waals surface area (Å²) in [5.74, 6) is -5.48. The van der Waals surface area contributed by atoms with Crippen LogP contribution in [-0.2, 0) is 40.0 Å². The standard InChI is InChI=1S/C36H58N8O9/c1-20(2)17-27(42-32(48)26(9-6-7-15-37)41-29(46)19-39-31(47)25-10-8-16-38-25)34(50)44-30(21(3)4)35(51)43-28(33(49)40-22(5)36(52)53)18-23-11-13-24(45)14-12-23/h11-14,20-22,25-28,30,38,45H,6-10,15-19,37H2,1-5H3,(H,39,47)(H,40,49)(H,41,46)(H,42,48)(H,43,51)(H,44,50)(H,52,53)/t22-,25-,26-,27-,28-,30-/m1/s1. The highest BCUT2D eigenvalue weighted by Crippen LogP contribution is 2.14. The quantitative estimate of drug-likeness (QED) is 0.0654. The number of carboxylic acid groups (broad SMARTS) is 1. The van der Waals surface area contributed by atoms with Gasteiger partial charge in [-0.25, -0.2) is 0 Å². The molecular formula is C36H58N8O9. The van der Waals surface area contributed by atoms with Crippen LogP contribution in [0.2, 0.25) is 0 Å². The molecule has 1 aromatic rings. The minimum Gasteiger partial charge on any atom is -0.508 e. The van der Waals surface area contributed by atoms with Gasteiger partial charge in [0.25, 0.3) is 0 Å². The average Bonchev–Trinajstić information content (AvgIpc) is 3.64. The normalized spacial score (nSPS) is 16.8. The van der Waals surface area contributed by atoms with E-state index in [1.165, 1.54) is 19.1 Å². The van der Waals surface area contributed by atoms with Crippen molar-refractivity contribution in [3.05, 3.63) is 29.8 Å². The van der Waals surface area contributed by atoms with Crippen LogP contribution < -0.4 is 43.0 Å². The topological polar surface area (TPSA) is 270 Å². The van der Waals surface area contributed by atoms with Gasteiger partial charge in [0.1, 0.15) is 36.0 Å². The fraction of sp³-hybridized carbons (Fsp3) is 0.639. The molecule has 1 aliphatic rings. The highest BCUT2D eigenvalue weighted by Gasteiger charge is 2.34. The van der Waals surface area contributed by atoms with Crippen molar-refractivity contribution < 1.29 is 43.8 Å². The fourth-order valence-electron chi connectivity index (χ4n) is 5.68. The van der Waals surface area contributed by atoms with Gasteiger partial charge in [-0.15, -0.1) is 0 Å². The first-order valence-electron chi connectivity index (χ1n) is 18.2. The van der Waals surface area contributed by atoms with E-state index in [0.717, 1.165) is 6.42 Å². The molecule has 0 unspecified atom stereocenters. The number of benzene rings is 1. The molecule has 296 valence electrons. The van der Waals surface area contributed by atoms with Gasteiger partial charge >= 0.3 is 5.97 Å². The molecule has 0 bridgehead atoms. The first kappa shape index (κ1) is 44.4. The summed E-state index contributed by atoms with van der Waals surface area (Å²) < 4.78 is 0. The second-order valence-corrected chi connectivity index (χ2v) is 14.2. The zero-order valence-electron chi connectivity index (χ0n) is 31.3. The summed E-state index contributed by atoms with van der Waals surface area (Å²) in [7, 11) is 0. The molecule has 0 aromatic heterocycles. The monoisotopic (exact) mass is 746 g/mol. The van der Waals surface area contributed by atoms with E-state index in [1.807, 2.05) is 13.8 Å². The van der Waals surface area contributed by atoms with Crippen molar-refractivity contribution >= 4 is 41.4 Å². The molecule has 1 aliphatic heterocycles. The van der Waals surface area contributed by atoms with Gasteiger partial charge in [-0.2, -0.15) is 0 Å². The molecule has 1 heterocycles. The molecule has 17 heteroatoms. The third kappa shape index (κ3) is 15.8.